The molecule has 0 radical (unpaired) electrons. The number of hydrogen-bond acceptors (Lipinski definition) is 2. The highest BCUT2D eigenvalue weighted by molar-refractivity contribution is 5.57. The van der Waals surface area contributed by atoms with Gasteiger partial charge in [-0.05, 0) is 44.1 Å². The van der Waals surface area contributed by atoms with E-state index in [1.54, 1.807) is 0 Å². The Balaban J connectivity index is 2.01. The molecule has 25 heavy (non-hydrogen) atoms. The Morgan fingerprint density at radius 3 is 2.04 bits per heavy atom. The highest BCUT2D eigenvalue weighted by Gasteiger charge is 2.12. The van der Waals surface area contributed by atoms with E-state index in [9.17, 15) is 4.79 Å². The summed E-state index contributed by atoms with van der Waals surface area (Å²) in [6.07, 6.45) is 13.7. The first-order chi connectivity index (χ1) is 12.2. The topological polar surface area (TPSA) is 46.5 Å². The van der Waals surface area contributed by atoms with E-state index >= 15 is 0 Å². The SMILES string of the molecule is CCCCCCC(CCCCCCCCc1ccccc1)OC(=O)O. The summed E-state index contributed by atoms with van der Waals surface area (Å²) in [5.41, 5.74) is 1.43. The number of carboxylic acid groups (broad SMARTS) is 1. The molecule has 0 aliphatic rings. The maximum absolute atomic E-state index is 10.8. The molecule has 142 valence electrons. The molecule has 0 amide bonds. The average molecular weight is 349 g/mol. The maximum atomic E-state index is 10.8. The van der Waals surface area contributed by atoms with Gasteiger partial charge in [-0.3, -0.25) is 0 Å². The lowest BCUT2D eigenvalue weighted by Gasteiger charge is -2.15. The van der Waals surface area contributed by atoms with Crippen LogP contribution in [0.1, 0.15) is 89.5 Å². The minimum absolute atomic E-state index is 0.104. The molecule has 1 aromatic rings. The van der Waals surface area contributed by atoms with Crippen LogP contribution in [-0.4, -0.2) is 17.4 Å². The van der Waals surface area contributed by atoms with Gasteiger partial charge in [0.2, 0.25) is 0 Å². The predicted molar refractivity (Wildman–Crippen MR) is 104 cm³/mol. The third-order valence-electron chi connectivity index (χ3n) is 4.73. The highest BCUT2D eigenvalue weighted by Crippen LogP contribution is 2.16. The molecule has 0 spiro atoms. The van der Waals surface area contributed by atoms with Crippen LogP contribution in [0.25, 0.3) is 0 Å². The van der Waals surface area contributed by atoms with Crippen molar-refractivity contribution >= 4 is 6.16 Å². The first kappa shape index (κ1) is 21.5. The molecule has 0 bridgehead atoms. The average Bonchev–Trinajstić information content (AvgIpc) is 2.61. The van der Waals surface area contributed by atoms with E-state index in [4.69, 9.17) is 9.84 Å². The van der Waals surface area contributed by atoms with Crippen molar-refractivity contribution in [1.29, 1.82) is 0 Å². The molecular weight excluding hydrogens is 312 g/mol. The summed E-state index contributed by atoms with van der Waals surface area (Å²) in [6.45, 7) is 2.19. The maximum Gasteiger partial charge on any atom is 0.506 e. The van der Waals surface area contributed by atoms with Crippen molar-refractivity contribution in [2.24, 2.45) is 0 Å². The Morgan fingerprint density at radius 2 is 1.44 bits per heavy atom. The standard InChI is InChI=1S/C22H36O3/c1-2-3-4-13-18-21(25-22(23)24)19-14-8-6-5-7-10-15-20-16-11-9-12-17-20/h9,11-12,16-17,21H,2-8,10,13-15,18-19H2,1H3,(H,23,24). The molecule has 1 unspecified atom stereocenters. The van der Waals surface area contributed by atoms with E-state index in [1.807, 2.05) is 0 Å². The number of unbranched alkanes of at least 4 members (excludes halogenated alkanes) is 8. The molecule has 0 aromatic heterocycles. The molecule has 0 fully saturated rings. The number of benzene rings is 1. The summed E-state index contributed by atoms with van der Waals surface area (Å²) in [6, 6.07) is 10.7. The van der Waals surface area contributed by atoms with Gasteiger partial charge >= 0.3 is 6.16 Å². The first-order valence-electron chi connectivity index (χ1n) is 10.2. The van der Waals surface area contributed by atoms with Gasteiger partial charge in [0.15, 0.2) is 0 Å². The second kappa shape index (κ2) is 14.8. The molecule has 3 nitrogen and oxygen atoms in total. The van der Waals surface area contributed by atoms with E-state index in [1.165, 1.54) is 63.4 Å². The number of aryl methyl sites for hydroxylation is 1. The summed E-state index contributed by atoms with van der Waals surface area (Å²) in [5, 5.41) is 8.86. The van der Waals surface area contributed by atoms with Crippen LogP contribution in [0.5, 0.6) is 0 Å². The van der Waals surface area contributed by atoms with Crippen LogP contribution in [0.3, 0.4) is 0 Å². The summed E-state index contributed by atoms with van der Waals surface area (Å²) < 4.78 is 5.04. The summed E-state index contributed by atoms with van der Waals surface area (Å²) >= 11 is 0. The van der Waals surface area contributed by atoms with E-state index in [0.29, 0.717) is 0 Å². The van der Waals surface area contributed by atoms with E-state index in [0.717, 1.165) is 25.7 Å². The zero-order valence-electron chi connectivity index (χ0n) is 15.9. The van der Waals surface area contributed by atoms with Crippen molar-refractivity contribution < 1.29 is 14.6 Å². The molecule has 0 aliphatic heterocycles. The number of rotatable bonds is 15. The van der Waals surface area contributed by atoms with Gasteiger partial charge in [0.05, 0.1) is 0 Å². The molecule has 0 saturated carbocycles. The van der Waals surface area contributed by atoms with Crippen LogP contribution in [0, 0.1) is 0 Å². The van der Waals surface area contributed by atoms with Gasteiger partial charge in [0.1, 0.15) is 6.10 Å². The molecule has 1 aromatic carbocycles. The van der Waals surface area contributed by atoms with Crippen molar-refractivity contribution in [3.05, 3.63) is 35.9 Å². The fourth-order valence-corrected chi connectivity index (χ4v) is 3.26. The zero-order chi connectivity index (χ0) is 18.2. The van der Waals surface area contributed by atoms with Crippen molar-refractivity contribution in [1.82, 2.24) is 0 Å². The number of hydrogen-bond donors (Lipinski definition) is 1. The van der Waals surface area contributed by atoms with E-state index < -0.39 is 6.16 Å². The van der Waals surface area contributed by atoms with Crippen molar-refractivity contribution in [2.75, 3.05) is 0 Å². The van der Waals surface area contributed by atoms with Gasteiger partial charge in [0.25, 0.3) is 0 Å². The van der Waals surface area contributed by atoms with E-state index in [-0.39, 0.29) is 6.10 Å². The third kappa shape index (κ3) is 12.5. The molecule has 0 aliphatic carbocycles. The van der Waals surface area contributed by atoms with Crippen LogP contribution in [-0.2, 0) is 11.2 Å². The molecule has 1 rings (SSSR count). The third-order valence-corrected chi connectivity index (χ3v) is 4.73. The summed E-state index contributed by atoms with van der Waals surface area (Å²) in [5.74, 6) is 0. The van der Waals surface area contributed by atoms with Crippen molar-refractivity contribution in [3.63, 3.8) is 0 Å². The van der Waals surface area contributed by atoms with Gasteiger partial charge in [-0.2, -0.15) is 0 Å². The minimum Gasteiger partial charge on any atom is -0.450 e. The Labute approximate surface area is 153 Å². The monoisotopic (exact) mass is 348 g/mol. The quantitative estimate of drug-likeness (QED) is 0.274. The number of carbonyl (C=O) groups is 1. The normalized spacial score (nSPS) is 12.0. The lowest BCUT2D eigenvalue weighted by Crippen LogP contribution is -2.16. The van der Waals surface area contributed by atoms with Crippen LogP contribution in [0.4, 0.5) is 4.79 Å². The largest absolute Gasteiger partial charge is 0.506 e. The molecule has 1 N–H and O–H groups in total. The lowest BCUT2D eigenvalue weighted by molar-refractivity contribution is 0.0422. The Morgan fingerprint density at radius 1 is 0.880 bits per heavy atom. The second-order valence-electron chi connectivity index (χ2n) is 7.00. The fraction of sp³-hybridized carbons (Fsp3) is 0.682. The van der Waals surface area contributed by atoms with Crippen molar-refractivity contribution in [3.8, 4) is 0 Å². The van der Waals surface area contributed by atoms with Gasteiger partial charge in [-0.15, -0.1) is 0 Å². The molecular formula is C22H36O3. The Hall–Kier alpha value is -1.51. The second-order valence-corrected chi connectivity index (χ2v) is 7.00. The molecule has 0 saturated heterocycles. The molecule has 0 heterocycles. The summed E-state index contributed by atoms with van der Waals surface area (Å²) in [7, 11) is 0. The highest BCUT2D eigenvalue weighted by atomic mass is 16.7. The van der Waals surface area contributed by atoms with Gasteiger partial charge < -0.3 is 9.84 Å². The van der Waals surface area contributed by atoms with Gasteiger partial charge in [-0.25, -0.2) is 4.79 Å². The Bertz CT molecular complexity index is 430. The van der Waals surface area contributed by atoms with Crippen LogP contribution in [0.15, 0.2) is 30.3 Å². The first-order valence-corrected chi connectivity index (χ1v) is 10.2. The van der Waals surface area contributed by atoms with Gasteiger partial charge in [0, 0.05) is 0 Å². The van der Waals surface area contributed by atoms with E-state index in [2.05, 4.69) is 37.3 Å². The van der Waals surface area contributed by atoms with Crippen molar-refractivity contribution in [2.45, 2.75) is 96.5 Å². The zero-order valence-corrected chi connectivity index (χ0v) is 15.9. The molecule has 1 atom stereocenters. The van der Waals surface area contributed by atoms with Gasteiger partial charge in [-0.1, -0.05) is 82.2 Å². The van der Waals surface area contributed by atoms with Crippen LogP contribution < -0.4 is 0 Å². The van der Waals surface area contributed by atoms with Crippen LogP contribution >= 0.6 is 0 Å². The number of ether oxygens (including phenoxy) is 1. The fourth-order valence-electron chi connectivity index (χ4n) is 3.26. The predicted octanol–water partition coefficient (Wildman–Crippen LogP) is 6.99. The lowest BCUT2D eigenvalue weighted by atomic mass is 10.0. The minimum atomic E-state index is -1.12. The smallest absolute Gasteiger partial charge is 0.450 e. The van der Waals surface area contributed by atoms with Crippen LogP contribution in [0.2, 0.25) is 0 Å². The molecule has 3 heteroatoms. The Kier molecular flexibility index (Phi) is 12.7. The summed E-state index contributed by atoms with van der Waals surface area (Å²) in [4.78, 5) is 10.8.